The summed E-state index contributed by atoms with van der Waals surface area (Å²) < 4.78 is 16.9. The highest BCUT2D eigenvalue weighted by molar-refractivity contribution is 9.10. The molecule has 3 N–H and O–H groups in total. The number of ether oxygens (including phenoxy) is 3. The predicted octanol–water partition coefficient (Wildman–Crippen LogP) is 3.91. The summed E-state index contributed by atoms with van der Waals surface area (Å²) in [6, 6.07) is 16.3. The van der Waals surface area contributed by atoms with E-state index in [0.717, 1.165) is 26.9 Å². The molecule has 210 valence electrons. The van der Waals surface area contributed by atoms with E-state index in [9.17, 15) is 14.4 Å². The molecular weight excluding hydrogens is 580 g/mol. The maximum absolute atomic E-state index is 12.5. The minimum absolute atomic E-state index is 0.231. The van der Waals surface area contributed by atoms with Gasteiger partial charge in [0.1, 0.15) is 5.75 Å². The summed E-state index contributed by atoms with van der Waals surface area (Å²) in [5, 5.41) is 9.26. The van der Waals surface area contributed by atoms with Crippen molar-refractivity contribution in [1.82, 2.24) is 10.7 Å². The molecule has 0 atom stereocenters. The van der Waals surface area contributed by atoms with Gasteiger partial charge in [0.2, 0.25) is 0 Å². The molecule has 0 spiro atoms. The van der Waals surface area contributed by atoms with Crippen molar-refractivity contribution in [2.75, 3.05) is 32.7 Å². The maximum Gasteiger partial charge on any atom is 0.329 e. The highest BCUT2D eigenvalue weighted by Gasteiger charge is 2.13. The smallest absolute Gasteiger partial charge is 0.329 e. The minimum atomic E-state index is -0.922. The zero-order valence-corrected chi connectivity index (χ0v) is 24.3. The molecule has 40 heavy (non-hydrogen) atoms. The van der Waals surface area contributed by atoms with Crippen LogP contribution in [0.1, 0.15) is 22.3 Å². The molecule has 0 aromatic heterocycles. The van der Waals surface area contributed by atoms with E-state index >= 15 is 0 Å². The Morgan fingerprint density at radius 3 is 2.40 bits per heavy atom. The Morgan fingerprint density at radius 2 is 1.65 bits per heavy atom. The molecule has 0 aliphatic heterocycles. The fraction of sp³-hybridized carbons (Fsp3) is 0.241. The second-order valence-corrected chi connectivity index (χ2v) is 9.65. The molecule has 11 heteroatoms. The third-order valence-electron chi connectivity index (χ3n) is 5.72. The van der Waals surface area contributed by atoms with Crippen molar-refractivity contribution in [2.45, 2.75) is 20.3 Å². The molecule has 0 fully saturated rings. The lowest BCUT2D eigenvalue weighted by molar-refractivity contribution is -0.139. The van der Waals surface area contributed by atoms with Crippen LogP contribution in [0.15, 0.2) is 64.2 Å². The molecule has 0 unspecified atom stereocenters. The van der Waals surface area contributed by atoms with Crippen LogP contribution < -0.4 is 30.3 Å². The molecule has 10 nitrogen and oxygen atoms in total. The van der Waals surface area contributed by atoms with Crippen molar-refractivity contribution in [3.05, 3.63) is 81.3 Å². The van der Waals surface area contributed by atoms with Gasteiger partial charge >= 0.3 is 11.8 Å². The van der Waals surface area contributed by atoms with E-state index in [2.05, 4.69) is 37.1 Å². The van der Waals surface area contributed by atoms with E-state index in [4.69, 9.17) is 14.2 Å². The molecule has 0 saturated heterocycles. The molecule has 3 aromatic rings. The van der Waals surface area contributed by atoms with Crippen molar-refractivity contribution in [2.24, 2.45) is 5.10 Å². The standard InChI is InChI=1S/C29H31BrN4O6/c1-18-5-6-19(2)23(13-18)33-27(35)17-40-24-10-8-22(30)15-21(24)16-32-34-29(37)28(36)31-12-11-20-7-9-25(38-3)26(14-20)39-4/h5-10,13-16H,11-12,17H2,1-4H3,(H,31,36)(H,33,35)(H,34,37)/b32-16-. The first-order valence-electron chi connectivity index (χ1n) is 12.3. The Morgan fingerprint density at radius 1 is 0.900 bits per heavy atom. The number of halogens is 1. The van der Waals surface area contributed by atoms with Crippen LogP contribution in [0.25, 0.3) is 0 Å². The minimum Gasteiger partial charge on any atom is -0.493 e. The Kier molecular flexibility index (Phi) is 11.1. The van der Waals surface area contributed by atoms with Gasteiger partial charge in [-0.05, 0) is 73.4 Å². The van der Waals surface area contributed by atoms with Gasteiger partial charge in [-0.3, -0.25) is 14.4 Å². The van der Waals surface area contributed by atoms with E-state index < -0.39 is 11.8 Å². The first kappa shape index (κ1) is 30.2. The van der Waals surface area contributed by atoms with Crippen LogP contribution in [-0.2, 0) is 20.8 Å². The molecule has 0 aliphatic rings. The average Bonchev–Trinajstić information content (AvgIpc) is 2.94. The third-order valence-corrected chi connectivity index (χ3v) is 6.21. The average molecular weight is 611 g/mol. The molecule has 0 bridgehead atoms. The molecular formula is C29H31BrN4O6. The number of carbonyl (C=O) groups is 3. The Balaban J connectivity index is 1.51. The van der Waals surface area contributed by atoms with Crippen molar-refractivity contribution < 1.29 is 28.6 Å². The Bertz CT molecular complexity index is 1410. The number of rotatable bonds is 11. The quantitative estimate of drug-likeness (QED) is 0.172. The number of nitrogens with one attached hydrogen (secondary N) is 3. The molecule has 3 aromatic carbocycles. The number of amides is 3. The lowest BCUT2D eigenvalue weighted by Crippen LogP contribution is -2.38. The van der Waals surface area contributed by atoms with Gasteiger partial charge in [-0.1, -0.05) is 34.1 Å². The number of anilines is 1. The summed E-state index contributed by atoms with van der Waals surface area (Å²) in [7, 11) is 3.10. The number of benzene rings is 3. The van der Waals surface area contributed by atoms with Crippen LogP contribution in [0.5, 0.6) is 17.2 Å². The number of hydrogen-bond donors (Lipinski definition) is 3. The topological polar surface area (TPSA) is 127 Å². The fourth-order valence-corrected chi connectivity index (χ4v) is 3.98. The van der Waals surface area contributed by atoms with E-state index in [1.807, 2.05) is 38.1 Å². The first-order chi connectivity index (χ1) is 19.2. The Hall–Kier alpha value is -4.38. The van der Waals surface area contributed by atoms with Gasteiger partial charge < -0.3 is 24.8 Å². The van der Waals surface area contributed by atoms with Crippen molar-refractivity contribution in [1.29, 1.82) is 0 Å². The highest BCUT2D eigenvalue weighted by Crippen LogP contribution is 2.27. The van der Waals surface area contributed by atoms with E-state index in [0.29, 0.717) is 29.2 Å². The fourth-order valence-electron chi connectivity index (χ4n) is 3.60. The molecule has 3 amide bonds. The van der Waals surface area contributed by atoms with E-state index in [1.165, 1.54) is 6.21 Å². The molecule has 3 rings (SSSR count). The summed E-state index contributed by atoms with van der Waals surface area (Å²) >= 11 is 3.38. The van der Waals surface area contributed by atoms with Crippen LogP contribution in [0.3, 0.4) is 0 Å². The number of nitrogens with zero attached hydrogens (tertiary/aromatic N) is 1. The normalized spacial score (nSPS) is 10.6. The van der Waals surface area contributed by atoms with Gasteiger partial charge in [0.25, 0.3) is 5.91 Å². The van der Waals surface area contributed by atoms with Crippen LogP contribution in [-0.4, -0.2) is 51.3 Å². The SMILES string of the molecule is COc1ccc(CCNC(=O)C(=O)N/N=C\c2cc(Br)ccc2OCC(=O)Nc2cc(C)ccc2C)cc1OC. The van der Waals surface area contributed by atoms with Crippen LogP contribution in [0.2, 0.25) is 0 Å². The highest BCUT2D eigenvalue weighted by atomic mass is 79.9. The number of aryl methyl sites for hydroxylation is 2. The summed E-state index contributed by atoms with van der Waals surface area (Å²) in [5.41, 5.74) is 6.28. The third kappa shape index (κ3) is 8.84. The van der Waals surface area contributed by atoms with E-state index in [-0.39, 0.29) is 19.1 Å². The Labute approximate surface area is 241 Å². The van der Waals surface area contributed by atoms with Gasteiger partial charge in [0, 0.05) is 22.3 Å². The zero-order chi connectivity index (χ0) is 29.1. The van der Waals surface area contributed by atoms with Crippen molar-refractivity contribution in [3.8, 4) is 17.2 Å². The second-order valence-electron chi connectivity index (χ2n) is 8.73. The molecule has 0 heterocycles. The maximum atomic E-state index is 12.5. The van der Waals surface area contributed by atoms with Crippen LogP contribution >= 0.6 is 15.9 Å². The van der Waals surface area contributed by atoms with Crippen LogP contribution in [0, 0.1) is 13.8 Å². The number of carbonyl (C=O) groups excluding carboxylic acids is 3. The zero-order valence-electron chi connectivity index (χ0n) is 22.7. The largest absolute Gasteiger partial charge is 0.493 e. The lowest BCUT2D eigenvalue weighted by Gasteiger charge is -2.12. The van der Waals surface area contributed by atoms with Gasteiger partial charge in [0.05, 0.1) is 20.4 Å². The second kappa shape index (κ2) is 14.7. The van der Waals surface area contributed by atoms with Crippen molar-refractivity contribution >= 4 is 45.6 Å². The number of methoxy groups -OCH3 is 2. The van der Waals surface area contributed by atoms with Crippen LogP contribution in [0.4, 0.5) is 5.69 Å². The van der Waals surface area contributed by atoms with Gasteiger partial charge in [0.15, 0.2) is 18.1 Å². The molecule has 0 aliphatic carbocycles. The molecule has 0 radical (unpaired) electrons. The summed E-state index contributed by atoms with van der Waals surface area (Å²) in [6.45, 7) is 3.86. The number of hydrogen-bond acceptors (Lipinski definition) is 7. The first-order valence-corrected chi connectivity index (χ1v) is 13.1. The van der Waals surface area contributed by atoms with Crippen molar-refractivity contribution in [3.63, 3.8) is 0 Å². The summed E-state index contributed by atoms with van der Waals surface area (Å²) in [6.07, 6.45) is 1.82. The van der Waals surface area contributed by atoms with E-state index in [1.54, 1.807) is 44.6 Å². The number of hydrazone groups is 1. The monoisotopic (exact) mass is 610 g/mol. The summed E-state index contributed by atoms with van der Waals surface area (Å²) in [5.74, 6) is -0.516. The predicted molar refractivity (Wildman–Crippen MR) is 156 cm³/mol. The summed E-state index contributed by atoms with van der Waals surface area (Å²) in [4.78, 5) is 36.8. The van der Waals surface area contributed by atoms with Gasteiger partial charge in [-0.15, -0.1) is 0 Å². The van der Waals surface area contributed by atoms with Gasteiger partial charge in [-0.2, -0.15) is 5.10 Å². The van der Waals surface area contributed by atoms with Gasteiger partial charge in [-0.25, -0.2) is 5.43 Å². The lowest BCUT2D eigenvalue weighted by atomic mass is 10.1. The molecule has 0 saturated carbocycles.